The first-order chi connectivity index (χ1) is 30.7. The number of hydrogen-bond acceptors (Lipinski definition) is 6. The Morgan fingerprint density at radius 3 is 1.38 bits per heavy atom. The number of benzene rings is 4. The second kappa shape index (κ2) is 22.7. The average molecular weight is 905 g/mol. The number of anilines is 2. The van der Waals surface area contributed by atoms with Gasteiger partial charge in [-0.05, 0) is 117 Å². The molecule has 0 saturated heterocycles. The summed E-state index contributed by atoms with van der Waals surface area (Å²) in [6.45, 7) is 29.8. The lowest BCUT2D eigenvalue weighted by Gasteiger charge is -2.28. The highest BCUT2D eigenvalue weighted by molar-refractivity contribution is 5.92. The van der Waals surface area contributed by atoms with Crippen molar-refractivity contribution in [3.63, 3.8) is 0 Å². The van der Waals surface area contributed by atoms with Crippen LogP contribution in [0.2, 0.25) is 0 Å². The molecule has 0 spiro atoms. The van der Waals surface area contributed by atoms with Crippen molar-refractivity contribution < 1.29 is 29.6 Å². The Labute approximate surface area is 398 Å². The molecule has 4 aromatic carbocycles. The number of ether oxygens (including phenoxy) is 1. The van der Waals surface area contributed by atoms with E-state index >= 15 is 0 Å². The third-order valence-electron chi connectivity index (χ3n) is 12.5. The molecule has 0 aliphatic carbocycles. The Morgan fingerprint density at radius 1 is 0.530 bits per heavy atom. The summed E-state index contributed by atoms with van der Waals surface area (Å²) in [4.78, 5) is 27.1. The average Bonchev–Trinajstić information content (AvgIpc) is 3.19. The van der Waals surface area contributed by atoms with Crippen LogP contribution in [-0.2, 0) is 50.5 Å². The predicted octanol–water partition coefficient (Wildman–Crippen LogP) is 14.6. The number of aryl methyl sites for hydroxylation is 3. The fraction of sp³-hybridized carbons (Fsp3) is 0.552. The van der Waals surface area contributed by atoms with Gasteiger partial charge < -0.3 is 30.7 Å². The van der Waals surface area contributed by atoms with Gasteiger partial charge in [0, 0.05) is 41.8 Å². The van der Waals surface area contributed by atoms with Crippen molar-refractivity contribution in [1.29, 1.82) is 0 Å². The molecular formula is C58H84N2O6. The summed E-state index contributed by atoms with van der Waals surface area (Å²) >= 11 is 0. The number of phenolic OH excluding ortho intramolecular Hbond substituents is 3. The van der Waals surface area contributed by atoms with Gasteiger partial charge in [0.15, 0.2) is 0 Å². The van der Waals surface area contributed by atoms with Gasteiger partial charge in [-0.15, -0.1) is 0 Å². The summed E-state index contributed by atoms with van der Waals surface area (Å²) in [5.74, 6) is 1.20. The molecule has 0 atom stereocenters. The minimum absolute atomic E-state index is 0.0979. The largest absolute Gasteiger partial charge is 0.508 e. The van der Waals surface area contributed by atoms with Crippen LogP contribution in [0.25, 0.3) is 0 Å². The molecule has 0 aromatic heterocycles. The lowest BCUT2D eigenvalue weighted by atomic mass is 9.78. The summed E-state index contributed by atoms with van der Waals surface area (Å²) < 4.78 is 6.51. The van der Waals surface area contributed by atoms with E-state index in [1.54, 1.807) is 12.1 Å². The van der Waals surface area contributed by atoms with Crippen LogP contribution in [-0.4, -0.2) is 33.7 Å². The number of phenols is 3. The van der Waals surface area contributed by atoms with Crippen LogP contribution >= 0.6 is 0 Å². The molecule has 8 heteroatoms. The topological polar surface area (TPSA) is 128 Å². The molecule has 0 heterocycles. The number of nitrogens with one attached hydrogen (secondary N) is 2. The van der Waals surface area contributed by atoms with Crippen LogP contribution in [0.5, 0.6) is 23.0 Å². The van der Waals surface area contributed by atoms with E-state index in [0.717, 1.165) is 63.1 Å². The molecular weight excluding hydrogens is 821 g/mol. The molecule has 5 N–H and O–H groups in total. The van der Waals surface area contributed by atoms with E-state index in [-0.39, 0.29) is 52.1 Å². The number of amides is 2. The van der Waals surface area contributed by atoms with Crippen molar-refractivity contribution in [1.82, 2.24) is 0 Å². The Hall–Kier alpha value is -4.98. The first kappa shape index (κ1) is 53.6. The van der Waals surface area contributed by atoms with Crippen LogP contribution in [0, 0.1) is 6.92 Å². The second-order valence-corrected chi connectivity index (χ2v) is 22.8. The second-order valence-electron chi connectivity index (χ2n) is 22.8. The maximum Gasteiger partial charge on any atom is 0.224 e. The smallest absolute Gasteiger partial charge is 0.224 e. The van der Waals surface area contributed by atoms with Crippen molar-refractivity contribution >= 4 is 23.2 Å². The summed E-state index contributed by atoms with van der Waals surface area (Å²) in [5, 5.41) is 39.8. The third-order valence-corrected chi connectivity index (χ3v) is 12.5. The van der Waals surface area contributed by atoms with E-state index in [2.05, 4.69) is 101 Å². The highest BCUT2D eigenvalue weighted by atomic mass is 16.5. The van der Waals surface area contributed by atoms with E-state index in [9.17, 15) is 24.9 Å². The van der Waals surface area contributed by atoms with Gasteiger partial charge >= 0.3 is 0 Å². The molecule has 0 radical (unpaired) electrons. The zero-order valence-electron chi connectivity index (χ0n) is 43.2. The molecule has 2 amide bonds. The third kappa shape index (κ3) is 15.6. The normalized spacial score (nSPS) is 12.3. The summed E-state index contributed by atoms with van der Waals surface area (Å²) in [6.07, 6.45) is 11.4. The number of hydrogen-bond donors (Lipinski definition) is 5. The van der Waals surface area contributed by atoms with Gasteiger partial charge in [0.2, 0.25) is 11.8 Å². The van der Waals surface area contributed by atoms with Crippen LogP contribution in [0.15, 0.2) is 54.6 Å². The van der Waals surface area contributed by atoms with E-state index in [1.807, 2.05) is 49.4 Å². The zero-order valence-corrected chi connectivity index (χ0v) is 43.2. The van der Waals surface area contributed by atoms with Crippen molar-refractivity contribution in [2.45, 2.75) is 202 Å². The number of unbranched alkanes of at least 4 members (excludes halogenated alkanes) is 7. The number of aromatic hydroxyl groups is 3. The summed E-state index contributed by atoms with van der Waals surface area (Å²) in [6, 6.07) is 17.1. The number of rotatable bonds is 20. The Kier molecular flexibility index (Phi) is 18.4. The van der Waals surface area contributed by atoms with Crippen LogP contribution in [0.4, 0.5) is 11.4 Å². The SMILES string of the molecule is CCCCCCCCCCOc1c(C)cc(NC(=O)CCc2cc(C(C)(C)C)c(O)c(C(C)(C)C)c2)cc1Cc1cc(NC(=O)CCc2cc(C(C)(C)C)c(O)c(C(C)(C)C)c2)ccc1O. The molecule has 4 rings (SSSR count). The molecule has 0 saturated carbocycles. The lowest BCUT2D eigenvalue weighted by molar-refractivity contribution is -0.117. The molecule has 66 heavy (non-hydrogen) atoms. The van der Waals surface area contributed by atoms with E-state index < -0.39 is 0 Å². The monoisotopic (exact) mass is 905 g/mol. The molecule has 0 bridgehead atoms. The number of carbonyl (C=O) groups excluding carboxylic acids is 2. The summed E-state index contributed by atoms with van der Waals surface area (Å²) in [5.41, 5.74) is 7.95. The molecule has 0 fully saturated rings. The quantitative estimate of drug-likeness (QED) is 0.0444. The van der Waals surface area contributed by atoms with E-state index in [0.29, 0.717) is 54.3 Å². The first-order valence-corrected chi connectivity index (χ1v) is 24.6. The van der Waals surface area contributed by atoms with E-state index in [4.69, 9.17) is 4.74 Å². The fourth-order valence-electron chi connectivity index (χ4n) is 8.60. The van der Waals surface area contributed by atoms with Gasteiger partial charge in [0.05, 0.1) is 6.61 Å². The van der Waals surface area contributed by atoms with Crippen LogP contribution in [0.3, 0.4) is 0 Å². The zero-order chi connectivity index (χ0) is 49.2. The lowest BCUT2D eigenvalue weighted by Crippen LogP contribution is -2.18. The van der Waals surface area contributed by atoms with E-state index in [1.165, 1.54) is 38.5 Å². The van der Waals surface area contributed by atoms with Crippen molar-refractivity contribution in [3.8, 4) is 23.0 Å². The minimum atomic E-state index is -0.269. The van der Waals surface area contributed by atoms with Crippen LogP contribution in [0.1, 0.15) is 204 Å². The number of carbonyl (C=O) groups is 2. The molecule has 0 unspecified atom stereocenters. The molecule has 0 aliphatic rings. The van der Waals surface area contributed by atoms with Gasteiger partial charge in [0.25, 0.3) is 0 Å². The van der Waals surface area contributed by atoms with Gasteiger partial charge in [-0.1, -0.05) is 159 Å². The molecule has 0 aliphatic heterocycles. The maximum absolute atomic E-state index is 13.6. The van der Waals surface area contributed by atoms with Crippen molar-refractivity contribution in [2.75, 3.05) is 17.2 Å². The van der Waals surface area contributed by atoms with Crippen molar-refractivity contribution in [3.05, 3.63) is 105 Å². The Balaban J connectivity index is 1.55. The minimum Gasteiger partial charge on any atom is -0.508 e. The molecule has 8 nitrogen and oxygen atoms in total. The van der Waals surface area contributed by atoms with Gasteiger partial charge in [-0.25, -0.2) is 0 Å². The van der Waals surface area contributed by atoms with Crippen LogP contribution < -0.4 is 15.4 Å². The fourth-order valence-corrected chi connectivity index (χ4v) is 8.60. The highest BCUT2D eigenvalue weighted by Gasteiger charge is 2.28. The maximum atomic E-state index is 13.6. The first-order valence-electron chi connectivity index (χ1n) is 24.6. The summed E-state index contributed by atoms with van der Waals surface area (Å²) in [7, 11) is 0. The molecule has 4 aromatic rings. The van der Waals surface area contributed by atoms with Gasteiger partial charge in [-0.2, -0.15) is 0 Å². The Morgan fingerprint density at radius 2 is 0.939 bits per heavy atom. The van der Waals surface area contributed by atoms with Gasteiger partial charge in [0.1, 0.15) is 23.0 Å². The molecule has 362 valence electrons. The standard InChI is InChI=1S/C58H84N2O6/c1-15-16-17-18-19-20-21-22-29-66-54-38(2)30-44(60-51(63)28-24-40-33-47(57(9,10)11)53(65)48(34-40)58(12,13)14)37-42(54)35-41-36-43(25-26-49(41)61)59-50(62)27-23-39-31-45(55(3,4)5)52(64)46(32-39)56(6,7)8/h25-26,30-34,36-37,61,64-65H,15-24,27-29,35H2,1-14H3,(H,59,62)(H,60,63). The Bertz CT molecular complexity index is 2210. The van der Waals surface area contributed by atoms with Gasteiger partial charge in [-0.3, -0.25) is 9.59 Å². The predicted molar refractivity (Wildman–Crippen MR) is 275 cm³/mol. The van der Waals surface area contributed by atoms with Crippen molar-refractivity contribution in [2.24, 2.45) is 0 Å². The highest BCUT2D eigenvalue weighted by Crippen LogP contribution is 2.42.